The van der Waals surface area contributed by atoms with Crippen LogP contribution >= 0.6 is 0 Å². The molecule has 1 aromatic heterocycles. The van der Waals surface area contributed by atoms with Gasteiger partial charge in [0, 0.05) is 47.1 Å². The third kappa shape index (κ3) is 2.03. The predicted octanol–water partition coefficient (Wildman–Crippen LogP) is 3.22. The van der Waals surface area contributed by atoms with Crippen LogP contribution in [0.2, 0.25) is 0 Å². The van der Waals surface area contributed by atoms with Gasteiger partial charge >= 0.3 is 0 Å². The second kappa shape index (κ2) is 4.41. The normalized spacial score (nSPS) is 23.2. The molecule has 2 aromatic rings. The summed E-state index contributed by atoms with van der Waals surface area (Å²) in [6, 6.07) is 6.30. The number of nitrogens with zero attached hydrogens (tertiary/aromatic N) is 2. The molecule has 3 rings (SSSR count). The van der Waals surface area contributed by atoms with Crippen LogP contribution in [0, 0.1) is 18.8 Å². The molecule has 2 N–H and O–H groups in total. The predicted molar refractivity (Wildman–Crippen MR) is 81.4 cm³/mol. The van der Waals surface area contributed by atoms with Crippen LogP contribution in [0.15, 0.2) is 24.4 Å². The van der Waals surface area contributed by atoms with Gasteiger partial charge in [-0.15, -0.1) is 0 Å². The van der Waals surface area contributed by atoms with Crippen molar-refractivity contribution in [1.29, 1.82) is 0 Å². The number of hydrogen-bond donors (Lipinski definition) is 1. The second-order valence-electron chi connectivity index (χ2n) is 5.90. The maximum absolute atomic E-state index is 6.07. The van der Waals surface area contributed by atoms with E-state index < -0.39 is 0 Å². The molecule has 2 unspecified atom stereocenters. The number of anilines is 2. The van der Waals surface area contributed by atoms with Gasteiger partial charge in [-0.05, 0) is 37.0 Å². The van der Waals surface area contributed by atoms with E-state index in [1.165, 1.54) is 11.1 Å². The van der Waals surface area contributed by atoms with Crippen LogP contribution in [0.25, 0.3) is 10.8 Å². The summed E-state index contributed by atoms with van der Waals surface area (Å²) >= 11 is 0. The van der Waals surface area contributed by atoms with E-state index in [1.54, 1.807) is 0 Å². The first-order chi connectivity index (χ1) is 9.06. The van der Waals surface area contributed by atoms with Gasteiger partial charge in [-0.25, -0.2) is 0 Å². The summed E-state index contributed by atoms with van der Waals surface area (Å²) in [5.74, 6) is 1.49. The number of pyridine rings is 1. The lowest BCUT2D eigenvalue weighted by Gasteiger charge is -2.21. The van der Waals surface area contributed by atoms with E-state index in [0.29, 0.717) is 0 Å². The minimum Gasteiger partial charge on any atom is -0.398 e. The zero-order valence-electron chi connectivity index (χ0n) is 11.9. The van der Waals surface area contributed by atoms with Gasteiger partial charge in [-0.2, -0.15) is 0 Å². The molecule has 0 aliphatic carbocycles. The van der Waals surface area contributed by atoms with Crippen molar-refractivity contribution in [2.24, 2.45) is 11.8 Å². The average Bonchev–Trinajstić information content (AvgIpc) is 2.69. The number of fused-ring (bicyclic) bond motifs is 1. The van der Waals surface area contributed by atoms with Gasteiger partial charge < -0.3 is 10.6 Å². The van der Waals surface area contributed by atoms with Crippen molar-refractivity contribution in [3.63, 3.8) is 0 Å². The van der Waals surface area contributed by atoms with Crippen LogP contribution in [0.4, 0.5) is 11.4 Å². The Bertz CT molecular complexity index is 611. The first-order valence-corrected chi connectivity index (χ1v) is 6.96. The molecule has 0 radical (unpaired) electrons. The smallest absolute Gasteiger partial charge is 0.0448 e. The van der Waals surface area contributed by atoms with Crippen LogP contribution in [0.3, 0.4) is 0 Å². The van der Waals surface area contributed by atoms with E-state index in [1.807, 2.05) is 19.2 Å². The highest BCUT2D eigenvalue weighted by molar-refractivity contribution is 6.01. The summed E-state index contributed by atoms with van der Waals surface area (Å²) in [5, 5.41) is 2.30. The fraction of sp³-hybridized carbons (Fsp3) is 0.438. The SMILES string of the molecule is Cc1cc2c(N3CC(C)C(C)C3)ccc(N)c2cn1. The average molecular weight is 255 g/mol. The van der Waals surface area contributed by atoms with Crippen LogP contribution in [-0.2, 0) is 0 Å². The van der Waals surface area contributed by atoms with Gasteiger partial charge in [0.15, 0.2) is 0 Å². The summed E-state index contributed by atoms with van der Waals surface area (Å²) in [7, 11) is 0. The second-order valence-corrected chi connectivity index (χ2v) is 5.90. The van der Waals surface area contributed by atoms with Crippen LogP contribution < -0.4 is 10.6 Å². The number of nitrogen functional groups attached to an aromatic ring is 1. The van der Waals surface area contributed by atoms with Gasteiger partial charge in [0.05, 0.1) is 0 Å². The summed E-state index contributed by atoms with van der Waals surface area (Å²) in [4.78, 5) is 6.85. The summed E-state index contributed by atoms with van der Waals surface area (Å²) in [5.41, 5.74) is 9.22. The Morgan fingerprint density at radius 2 is 1.84 bits per heavy atom. The molecule has 1 aliphatic rings. The number of aromatic nitrogens is 1. The molecule has 100 valence electrons. The highest BCUT2D eigenvalue weighted by Gasteiger charge is 2.27. The van der Waals surface area contributed by atoms with Crippen molar-refractivity contribution >= 4 is 22.1 Å². The maximum atomic E-state index is 6.07. The molecule has 0 amide bonds. The van der Waals surface area contributed by atoms with Gasteiger partial charge in [0.1, 0.15) is 0 Å². The first kappa shape index (κ1) is 12.3. The van der Waals surface area contributed by atoms with E-state index >= 15 is 0 Å². The van der Waals surface area contributed by atoms with Crippen LogP contribution in [0.5, 0.6) is 0 Å². The zero-order valence-corrected chi connectivity index (χ0v) is 11.9. The van der Waals surface area contributed by atoms with Crippen LogP contribution in [0.1, 0.15) is 19.5 Å². The Morgan fingerprint density at radius 1 is 1.16 bits per heavy atom. The maximum Gasteiger partial charge on any atom is 0.0448 e. The lowest BCUT2D eigenvalue weighted by atomic mass is 10.0. The van der Waals surface area contributed by atoms with Crippen molar-refractivity contribution in [1.82, 2.24) is 4.98 Å². The Balaban J connectivity index is 2.14. The Morgan fingerprint density at radius 3 is 2.53 bits per heavy atom. The van der Waals surface area contributed by atoms with Gasteiger partial charge in [0.25, 0.3) is 0 Å². The fourth-order valence-electron chi connectivity index (χ4n) is 2.95. The molecule has 1 fully saturated rings. The molecule has 1 saturated heterocycles. The largest absolute Gasteiger partial charge is 0.398 e. The summed E-state index contributed by atoms with van der Waals surface area (Å²) in [6.07, 6.45) is 1.90. The molecular weight excluding hydrogens is 234 g/mol. The van der Waals surface area contributed by atoms with E-state index in [9.17, 15) is 0 Å². The standard InChI is InChI=1S/C16H21N3/c1-10-8-19(9-11(10)2)16-5-4-15(17)14-7-18-12(3)6-13(14)16/h4-7,10-11H,8-9,17H2,1-3H3. The van der Waals surface area contributed by atoms with Crippen molar-refractivity contribution in [2.75, 3.05) is 23.7 Å². The minimum atomic E-state index is 0.746. The topological polar surface area (TPSA) is 42.1 Å². The molecule has 1 aliphatic heterocycles. The third-order valence-corrected chi connectivity index (χ3v) is 4.38. The Kier molecular flexibility index (Phi) is 2.85. The highest BCUT2D eigenvalue weighted by atomic mass is 15.2. The molecule has 0 spiro atoms. The van der Waals surface area contributed by atoms with Gasteiger partial charge in [-0.1, -0.05) is 13.8 Å². The number of benzene rings is 1. The number of rotatable bonds is 1. The van der Waals surface area contributed by atoms with Crippen molar-refractivity contribution < 1.29 is 0 Å². The van der Waals surface area contributed by atoms with Crippen molar-refractivity contribution in [3.8, 4) is 0 Å². The third-order valence-electron chi connectivity index (χ3n) is 4.38. The van der Waals surface area contributed by atoms with Crippen molar-refractivity contribution in [3.05, 3.63) is 30.1 Å². The van der Waals surface area contributed by atoms with E-state index in [-0.39, 0.29) is 0 Å². The lowest BCUT2D eigenvalue weighted by molar-refractivity contribution is 0.494. The van der Waals surface area contributed by atoms with E-state index in [4.69, 9.17) is 5.73 Å². The van der Waals surface area contributed by atoms with E-state index in [2.05, 4.69) is 35.9 Å². The zero-order chi connectivity index (χ0) is 13.6. The molecule has 1 aromatic carbocycles. The highest BCUT2D eigenvalue weighted by Crippen LogP contribution is 2.35. The Labute approximate surface area is 114 Å². The van der Waals surface area contributed by atoms with Gasteiger partial charge in [-0.3, -0.25) is 4.98 Å². The molecule has 0 bridgehead atoms. The molecule has 0 saturated carbocycles. The Hall–Kier alpha value is -1.77. The first-order valence-electron chi connectivity index (χ1n) is 6.96. The number of aryl methyl sites for hydroxylation is 1. The van der Waals surface area contributed by atoms with Crippen molar-refractivity contribution in [2.45, 2.75) is 20.8 Å². The van der Waals surface area contributed by atoms with Gasteiger partial charge in [0.2, 0.25) is 0 Å². The fourth-order valence-corrected chi connectivity index (χ4v) is 2.95. The van der Waals surface area contributed by atoms with Crippen LogP contribution in [-0.4, -0.2) is 18.1 Å². The quantitative estimate of drug-likeness (QED) is 0.796. The molecule has 2 atom stereocenters. The summed E-state index contributed by atoms with van der Waals surface area (Å²) < 4.78 is 0. The lowest BCUT2D eigenvalue weighted by Crippen LogP contribution is -2.20. The summed E-state index contributed by atoms with van der Waals surface area (Å²) in [6.45, 7) is 8.94. The molecule has 2 heterocycles. The molecular formula is C16H21N3. The minimum absolute atomic E-state index is 0.746. The molecule has 3 heteroatoms. The monoisotopic (exact) mass is 255 g/mol. The molecule has 19 heavy (non-hydrogen) atoms. The number of nitrogens with two attached hydrogens (primary N) is 1. The molecule has 3 nitrogen and oxygen atoms in total. The van der Waals surface area contributed by atoms with E-state index in [0.717, 1.165) is 41.7 Å². The number of hydrogen-bond acceptors (Lipinski definition) is 3.